The van der Waals surface area contributed by atoms with Crippen LogP contribution in [0.4, 0.5) is 4.39 Å². The first-order chi connectivity index (χ1) is 7.72. The Labute approximate surface area is 92.6 Å². The molecule has 0 saturated heterocycles. The van der Waals surface area contributed by atoms with Gasteiger partial charge in [0, 0.05) is 6.42 Å². The fraction of sp³-hybridized carbons (Fsp3) is 0.273. The van der Waals surface area contributed by atoms with E-state index < -0.39 is 0 Å². The summed E-state index contributed by atoms with van der Waals surface area (Å²) in [5.74, 6) is -0.0898. The summed E-state index contributed by atoms with van der Waals surface area (Å²) in [6.07, 6.45) is 2.29. The predicted octanol–water partition coefficient (Wildman–Crippen LogP) is 1.58. The van der Waals surface area contributed by atoms with E-state index in [9.17, 15) is 9.18 Å². The molecule has 0 fully saturated rings. The maximum absolute atomic E-state index is 12.5. The number of hydrogen-bond acceptors (Lipinski definition) is 3. The number of amides is 1. The van der Waals surface area contributed by atoms with Gasteiger partial charge in [-0.15, -0.1) is 0 Å². The Hall–Kier alpha value is -2.09. The first kappa shape index (κ1) is 12.0. The molecule has 1 aromatic carbocycles. The average Bonchev–Trinajstić information content (AvgIpc) is 2.27. The van der Waals surface area contributed by atoms with Crippen molar-refractivity contribution in [3.8, 4) is 11.9 Å². The molecule has 4 nitrogen and oxygen atoms in total. The molecule has 1 N–H and O–H groups in total. The van der Waals surface area contributed by atoms with Crippen LogP contribution >= 0.6 is 0 Å². The van der Waals surface area contributed by atoms with Crippen LogP contribution in [0.25, 0.3) is 0 Å². The van der Waals surface area contributed by atoms with Crippen LogP contribution in [-0.4, -0.2) is 12.5 Å². The Morgan fingerprint density at radius 1 is 1.44 bits per heavy atom. The summed E-state index contributed by atoms with van der Waals surface area (Å²) in [7, 11) is 0. The normalized spacial score (nSPS) is 9.25. The minimum Gasteiger partial charge on any atom is -0.494 e. The molecule has 0 atom stereocenters. The van der Waals surface area contributed by atoms with Crippen molar-refractivity contribution in [1.82, 2.24) is 5.32 Å². The largest absolute Gasteiger partial charge is 0.494 e. The topological polar surface area (TPSA) is 62.1 Å². The Bertz CT molecular complexity index is 384. The van der Waals surface area contributed by atoms with Crippen LogP contribution in [0.3, 0.4) is 0 Å². The summed E-state index contributed by atoms with van der Waals surface area (Å²) in [4.78, 5) is 10.9. The van der Waals surface area contributed by atoms with Gasteiger partial charge in [0.05, 0.1) is 6.61 Å². The van der Waals surface area contributed by atoms with E-state index >= 15 is 0 Å². The third-order valence-electron chi connectivity index (χ3n) is 1.83. The first-order valence-electron chi connectivity index (χ1n) is 4.78. The van der Waals surface area contributed by atoms with Crippen LogP contribution in [0.1, 0.15) is 12.8 Å². The van der Waals surface area contributed by atoms with Crippen LogP contribution in [-0.2, 0) is 4.79 Å². The molecule has 0 unspecified atom stereocenters. The molecule has 0 heterocycles. The molecule has 0 saturated carbocycles. The van der Waals surface area contributed by atoms with Crippen LogP contribution in [0.5, 0.6) is 5.75 Å². The van der Waals surface area contributed by atoms with Crippen molar-refractivity contribution in [2.24, 2.45) is 0 Å². The number of halogens is 1. The molecule has 0 bridgehead atoms. The van der Waals surface area contributed by atoms with E-state index in [0.29, 0.717) is 18.8 Å². The fourth-order valence-electron chi connectivity index (χ4n) is 1.08. The van der Waals surface area contributed by atoms with Crippen LogP contribution < -0.4 is 10.1 Å². The zero-order valence-corrected chi connectivity index (χ0v) is 8.57. The van der Waals surface area contributed by atoms with Gasteiger partial charge in [-0.2, -0.15) is 5.26 Å². The average molecular weight is 222 g/mol. The quantitative estimate of drug-likeness (QED) is 0.467. The minimum absolute atomic E-state index is 0.231. The van der Waals surface area contributed by atoms with Gasteiger partial charge in [-0.3, -0.25) is 10.1 Å². The lowest BCUT2D eigenvalue weighted by atomic mass is 10.3. The molecule has 0 radical (unpaired) electrons. The molecule has 84 valence electrons. The van der Waals surface area contributed by atoms with Gasteiger partial charge < -0.3 is 4.74 Å². The number of carbonyl (C=O) groups excluding carboxylic acids is 1. The SMILES string of the molecule is N#CNC(=O)CCCOc1ccc(F)cc1. The molecule has 16 heavy (non-hydrogen) atoms. The molecule has 1 aromatic rings. The number of benzene rings is 1. The third-order valence-corrected chi connectivity index (χ3v) is 1.83. The van der Waals surface area contributed by atoms with Gasteiger partial charge in [-0.25, -0.2) is 4.39 Å². The molecule has 0 aromatic heterocycles. The van der Waals surface area contributed by atoms with Crippen LogP contribution in [0.15, 0.2) is 24.3 Å². The summed E-state index contributed by atoms with van der Waals surface area (Å²) < 4.78 is 17.8. The van der Waals surface area contributed by atoms with Crippen molar-refractivity contribution in [3.63, 3.8) is 0 Å². The van der Waals surface area contributed by atoms with Crippen LogP contribution in [0.2, 0.25) is 0 Å². The van der Waals surface area contributed by atoms with Gasteiger partial charge in [-0.05, 0) is 30.7 Å². The standard InChI is InChI=1S/C11H11FN2O2/c12-9-3-5-10(6-4-9)16-7-1-2-11(15)14-8-13/h3-6H,1-2,7H2,(H,14,15). The predicted molar refractivity (Wildman–Crippen MR) is 54.9 cm³/mol. The van der Waals surface area contributed by atoms with E-state index in [4.69, 9.17) is 10.00 Å². The molecule has 0 spiro atoms. The van der Waals surface area contributed by atoms with E-state index in [2.05, 4.69) is 0 Å². The van der Waals surface area contributed by atoms with Gasteiger partial charge in [-0.1, -0.05) is 0 Å². The molecule has 5 heteroatoms. The van der Waals surface area contributed by atoms with Crippen molar-refractivity contribution in [2.45, 2.75) is 12.8 Å². The maximum atomic E-state index is 12.5. The molecule has 1 amide bonds. The lowest BCUT2D eigenvalue weighted by molar-refractivity contribution is -0.120. The molecular formula is C11H11FN2O2. The number of nitrogens with one attached hydrogen (secondary N) is 1. The highest BCUT2D eigenvalue weighted by molar-refractivity contribution is 5.77. The lowest BCUT2D eigenvalue weighted by Gasteiger charge is -2.04. The van der Waals surface area contributed by atoms with E-state index in [1.807, 2.05) is 5.32 Å². The Morgan fingerprint density at radius 2 is 2.12 bits per heavy atom. The number of nitrogens with zero attached hydrogens (tertiary/aromatic N) is 1. The van der Waals surface area contributed by atoms with Gasteiger partial charge in [0.25, 0.3) is 0 Å². The fourth-order valence-corrected chi connectivity index (χ4v) is 1.08. The number of hydrogen-bond donors (Lipinski definition) is 1. The van der Waals surface area contributed by atoms with E-state index in [-0.39, 0.29) is 18.1 Å². The smallest absolute Gasteiger partial charge is 0.233 e. The van der Waals surface area contributed by atoms with E-state index in [1.165, 1.54) is 24.3 Å². The van der Waals surface area contributed by atoms with E-state index in [0.717, 1.165) is 0 Å². The minimum atomic E-state index is -0.329. The van der Waals surface area contributed by atoms with Crippen molar-refractivity contribution >= 4 is 5.91 Å². The second-order valence-corrected chi connectivity index (χ2v) is 3.07. The van der Waals surface area contributed by atoms with Crippen molar-refractivity contribution in [1.29, 1.82) is 5.26 Å². The number of nitriles is 1. The van der Waals surface area contributed by atoms with Gasteiger partial charge in [0.15, 0.2) is 6.19 Å². The molecule has 0 aliphatic carbocycles. The Morgan fingerprint density at radius 3 is 2.75 bits per heavy atom. The summed E-state index contributed by atoms with van der Waals surface area (Å²) >= 11 is 0. The highest BCUT2D eigenvalue weighted by Crippen LogP contribution is 2.11. The van der Waals surface area contributed by atoms with Crippen molar-refractivity contribution in [2.75, 3.05) is 6.61 Å². The first-order valence-corrected chi connectivity index (χ1v) is 4.78. The van der Waals surface area contributed by atoms with Gasteiger partial charge in [0.1, 0.15) is 11.6 Å². The second kappa shape index (κ2) is 6.40. The number of carbonyl (C=O) groups is 1. The van der Waals surface area contributed by atoms with E-state index in [1.54, 1.807) is 6.19 Å². The molecule has 0 aliphatic heterocycles. The third kappa shape index (κ3) is 4.42. The summed E-state index contributed by atoms with van der Waals surface area (Å²) in [5, 5.41) is 10.2. The zero-order chi connectivity index (χ0) is 11.8. The van der Waals surface area contributed by atoms with Crippen molar-refractivity contribution in [3.05, 3.63) is 30.1 Å². The molecular weight excluding hydrogens is 211 g/mol. The number of rotatable bonds is 5. The van der Waals surface area contributed by atoms with Gasteiger partial charge >= 0.3 is 0 Å². The monoisotopic (exact) mass is 222 g/mol. The second-order valence-electron chi connectivity index (χ2n) is 3.07. The number of ether oxygens (including phenoxy) is 1. The molecule has 1 rings (SSSR count). The highest BCUT2D eigenvalue weighted by atomic mass is 19.1. The summed E-state index contributed by atoms with van der Waals surface area (Å²) in [6.45, 7) is 0.352. The Balaban J connectivity index is 2.19. The zero-order valence-electron chi connectivity index (χ0n) is 8.57. The summed E-state index contributed by atoms with van der Waals surface area (Å²) in [6, 6.07) is 5.64. The highest BCUT2D eigenvalue weighted by Gasteiger charge is 2.00. The molecule has 0 aliphatic rings. The maximum Gasteiger partial charge on any atom is 0.233 e. The lowest BCUT2D eigenvalue weighted by Crippen LogP contribution is -2.17. The Kier molecular flexibility index (Phi) is 4.80. The summed E-state index contributed by atoms with van der Waals surface area (Å²) in [5.41, 5.74) is 0. The van der Waals surface area contributed by atoms with Crippen LogP contribution in [0, 0.1) is 17.3 Å². The van der Waals surface area contributed by atoms with Crippen molar-refractivity contribution < 1.29 is 13.9 Å². The van der Waals surface area contributed by atoms with Gasteiger partial charge in [0.2, 0.25) is 5.91 Å².